The van der Waals surface area contributed by atoms with Crippen LogP contribution in [0.25, 0.3) is 17.2 Å². The Bertz CT molecular complexity index is 2410. The molecule has 5 aromatic rings. The first kappa shape index (κ1) is 35.5. The number of halogens is 2. The van der Waals surface area contributed by atoms with Gasteiger partial charge in [0.25, 0.3) is 16.7 Å². The molecule has 0 unspecified atom stereocenters. The van der Waals surface area contributed by atoms with Crippen molar-refractivity contribution in [1.29, 1.82) is 0 Å². The average molecular weight is 750 g/mol. The summed E-state index contributed by atoms with van der Waals surface area (Å²) in [6.45, 7) is 3.32. The van der Waals surface area contributed by atoms with Gasteiger partial charge in [-0.25, -0.2) is 4.79 Å². The highest BCUT2D eigenvalue weighted by atomic mass is 35.5. The van der Waals surface area contributed by atoms with E-state index in [0.717, 1.165) is 32.4 Å². The molecule has 1 N–H and O–H groups in total. The smallest absolute Gasteiger partial charge is 0.332 e. The Kier molecular flexibility index (Phi) is 9.84. The van der Waals surface area contributed by atoms with E-state index < -0.39 is 34.8 Å². The van der Waals surface area contributed by atoms with Crippen molar-refractivity contribution in [2.45, 2.75) is 20.4 Å². The van der Waals surface area contributed by atoms with Crippen molar-refractivity contribution < 1.29 is 23.9 Å². The number of methoxy groups -OCH3 is 1. The second-order valence-corrected chi connectivity index (χ2v) is 13.5. The number of ether oxygens (including phenoxy) is 2. The van der Waals surface area contributed by atoms with Crippen LogP contribution in [0, 0.1) is 13.8 Å². The number of imidazole rings is 1. The normalized spacial score (nSPS) is 13.8. The Hall–Kier alpha value is -5.31. The van der Waals surface area contributed by atoms with Crippen molar-refractivity contribution in [1.82, 2.24) is 23.6 Å². The van der Waals surface area contributed by atoms with Crippen LogP contribution in [-0.4, -0.2) is 54.3 Å². The number of carbonyl (C=O) groups excluding carboxylic acids is 3. The second kappa shape index (κ2) is 14.1. The molecule has 2 aromatic heterocycles. The van der Waals surface area contributed by atoms with Gasteiger partial charge >= 0.3 is 11.7 Å². The van der Waals surface area contributed by atoms with Gasteiger partial charge in [0.05, 0.1) is 18.6 Å². The fourth-order valence-electron chi connectivity index (χ4n) is 5.55. The maximum atomic E-state index is 13.4. The van der Waals surface area contributed by atoms with Crippen LogP contribution in [-0.2, 0) is 30.2 Å². The predicted octanol–water partition coefficient (Wildman–Crippen LogP) is 5.88. The summed E-state index contributed by atoms with van der Waals surface area (Å²) in [7, 11) is 4.29. The second-order valence-electron chi connectivity index (χ2n) is 11.7. The van der Waals surface area contributed by atoms with Crippen molar-refractivity contribution in [3.8, 4) is 17.5 Å². The number of hydrogen-bond donors (Lipinski definition) is 1. The molecule has 6 rings (SSSR count). The summed E-state index contributed by atoms with van der Waals surface area (Å²) < 4.78 is 15.5. The molecule has 3 amide bonds. The first-order chi connectivity index (χ1) is 24.3. The van der Waals surface area contributed by atoms with Gasteiger partial charge in [-0.1, -0.05) is 53.5 Å². The number of hydrogen-bond acceptors (Lipinski definition) is 9. The standard InChI is InChI=1S/C35H30Cl2N6O7S/c1-18-7-6-8-19(2)28(18)38-27(44)17-43-31(45)26(51-35(43)48)14-20-9-12-24(25(13-20)49-5)50-33-39-30-29(32(46)41(4)34(47)40(30)3)42(33)16-21-10-11-22(36)15-23(21)37/h6-15H,16-17H2,1-5H3,(H,38,44). The van der Waals surface area contributed by atoms with Gasteiger partial charge in [0, 0.05) is 29.8 Å². The first-order valence-electron chi connectivity index (χ1n) is 15.3. The summed E-state index contributed by atoms with van der Waals surface area (Å²) in [5.74, 6) is -0.670. The molecule has 51 heavy (non-hydrogen) atoms. The minimum Gasteiger partial charge on any atom is -0.493 e. The molecule has 1 aliphatic rings. The monoisotopic (exact) mass is 748 g/mol. The highest BCUT2D eigenvalue weighted by Gasteiger charge is 2.36. The van der Waals surface area contributed by atoms with Crippen molar-refractivity contribution in [2.24, 2.45) is 14.1 Å². The SMILES string of the molecule is COc1cc(C=C2SC(=O)N(CC(=O)Nc3c(C)cccc3C)C2=O)ccc1Oc1nc2c(c(=O)n(C)c(=O)n2C)n1Cc1ccc(Cl)cc1Cl. The maximum absolute atomic E-state index is 13.4. The molecule has 0 bridgehead atoms. The fraction of sp³-hybridized carbons (Fsp3) is 0.200. The summed E-state index contributed by atoms with van der Waals surface area (Å²) in [5, 5.41) is 3.01. The summed E-state index contributed by atoms with van der Waals surface area (Å²) in [5.41, 5.74) is 2.51. The molecular formula is C35H30Cl2N6O7S. The van der Waals surface area contributed by atoms with Crippen LogP contribution in [0.4, 0.5) is 10.5 Å². The third-order valence-corrected chi connectivity index (χ3v) is 9.76. The van der Waals surface area contributed by atoms with E-state index in [1.165, 1.54) is 36.4 Å². The lowest BCUT2D eigenvalue weighted by Gasteiger charge is -2.15. The Morgan fingerprint density at radius 2 is 1.69 bits per heavy atom. The lowest BCUT2D eigenvalue weighted by atomic mass is 10.1. The number of benzene rings is 3. The van der Waals surface area contributed by atoms with Crippen LogP contribution in [0.2, 0.25) is 10.0 Å². The number of fused-ring (bicyclic) bond motifs is 1. The van der Waals surface area contributed by atoms with Crippen molar-refractivity contribution in [3.63, 3.8) is 0 Å². The number of carbonyl (C=O) groups is 3. The zero-order chi connectivity index (χ0) is 36.7. The number of para-hydroxylation sites is 1. The van der Waals surface area contributed by atoms with Crippen LogP contribution >= 0.6 is 35.0 Å². The quantitative estimate of drug-likeness (QED) is 0.183. The Balaban J connectivity index is 1.29. The van der Waals surface area contributed by atoms with Gasteiger partial charge in [-0.3, -0.25) is 37.8 Å². The van der Waals surface area contributed by atoms with E-state index in [4.69, 9.17) is 32.7 Å². The molecular weight excluding hydrogens is 719 g/mol. The number of amides is 3. The summed E-state index contributed by atoms with van der Waals surface area (Å²) >= 11 is 13.3. The van der Waals surface area contributed by atoms with Crippen LogP contribution in [0.3, 0.4) is 0 Å². The average Bonchev–Trinajstić information content (AvgIpc) is 3.57. The number of nitrogens with zero attached hydrogens (tertiary/aromatic N) is 5. The number of aromatic nitrogens is 4. The number of thioether (sulfide) groups is 1. The van der Waals surface area contributed by atoms with Gasteiger partial charge in [-0.2, -0.15) is 4.98 Å². The number of nitrogens with one attached hydrogen (secondary N) is 1. The van der Waals surface area contributed by atoms with E-state index >= 15 is 0 Å². The largest absolute Gasteiger partial charge is 0.493 e. The van der Waals surface area contributed by atoms with Crippen LogP contribution in [0.5, 0.6) is 17.5 Å². The van der Waals surface area contributed by atoms with E-state index in [1.807, 2.05) is 32.0 Å². The Labute approximate surface area is 305 Å². The topological polar surface area (TPSA) is 147 Å². The van der Waals surface area contributed by atoms with E-state index in [-0.39, 0.29) is 40.1 Å². The molecule has 0 spiro atoms. The zero-order valence-corrected chi connectivity index (χ0v) is 30.3. The minimum absolute atomic E-state index is 0.0272. The molecule has 3 heterocycles. The number of aryl methyl sites for hydroxylation is 3. The van der Waals surface area contributed by atoms with Gasteiger partial charge in [-0.05, 0) is 78.2 Å². The molecule has 262 valence electrons. The van der Waals surface area contributed by atoms with Gasteiger partial charge in [-0.15, -0.1) is 0 Å². The fourth-order valence-corrected chi connectivity index (χ4v) is 6.86. The van der Waals surface area contributed by atoms with E-state index in [0.29, 0.717) is 26.9 Å². The molecule has 0 aliphatic carbocycles. The van der Waals surface area contributed by atoms with E-state index in [1.54, 1.807) is 36.4 Å². The van der Waals surface area contributed by atoms with Gasteiger partial charge in [0.2, 0.25) is 5.91 Å². The molecule has 0 radical (unpaired) electrons. The zero-order valence-electron chi connectivity index (χ0n) is 27.9. The maximum Gasteiger partial charge on any atom is 0.332 e. The predicted molar refractivity (Wildman–Crippen MR) is 196 cm³/mol. The Morgan fingerprint density at radius 1 is 0.961 bits per heavy atom. The van der Waals surface area contributed by atoms with Crippen LogP contribution in [0.1, 0.15) is 22.3 Å². The van der Waals surface area contributed by atoms with E-state index in [2.05, 4.69) is 10.3 Å². The molecule has 0 saturated carbocycles. The molecule has 13 nitrogen and oxygen atoms in total. The molecule has 1 saturated heterocycles. The molecule has 1 fully saturated rings. The molecule has 16 heteroatoms. The van der Waals surface area contributed by atoms with Crippen LogP contribution in [0.15, 0.2) is 69.1 Å². The van der Waals surface area contributed by atoms with Gasteiger partial charge in [0.1, 0.15) is 6.54 Å². The number of imide groups is 1. The molecule has 3 aromatic carbocycles. The molecule has 1 aliphatic heterocycles. The lowest BCUT2D eigenvalue weighted by molar-refractivity contribution is -0.127. The lowest BCUT2D eigenvalue weighted by Crippen LogP contribution is -2.37. The van der Waals surface area contributed by atoms with Gasteiger partial charge in [0.15, 0.2) is 22.7 Å². The number of anilines is 1. The summed E-state index contributed by atoms with van der Waals surface area (Å²) in [6.07, 6.45) is 1.51. The highest BCUT2D eigenvalue weighted by molar-refractivity contribution is 8.18. The molecule has 0 atom stereocenters. The van der Waals surface area contributed by atoms with Crippen molar-refractivity contribution >= 4 is 74.9 Å². The van der Waals surface area contributed by atoms with Crippen molar-refractivity contribution in [2.75, 3.05) is 19.0 Å². The summed E-state index contributed by atoms with van der Waals surface area (Å²) in [6, 6.07) is 15.3. The number of rotatable bonds is 9. The van der Waals surface area contributed by atoms with Gasteiger partial charge < -0.3 is 14.8 Å². The third kappa shape index (κ3) is 6.89. The first-order valence-corrected chi connectivity index (χ1v) is 16.9. The van der Waals surface area contributed by atoms with Crippen molar-refractivity contribution in [3.05, 3.63) is 113 Å². The summed E-state index contributed by atoms with van der Waals surface area (Å²) in [4.78, 5) is 70.4. The van der Waals surface area contributed by atoms with Crippen LogP contribution < -0.4 is 26.0 Å². The minimum atomic E-state index is -0.609. The third-order valence-electron chi connectivity index (χ3n) is 8.26. The Morgan fingerprint density at radius 3 is 2.37 bits per heavy atom. The van der Waals surface area contributed by atoms with E-state index in [9.17, 15) is 24.0 Å². The highest BCUT2D eigenvalue weighted by Crippen LogP contribution is 2.37.